The van der Waals surface area contributed by atoms with E-state index in [0.717, 1.165) is 18.4 Å². The molecule has 1 amide bonds. The lowest BCUT2D eigenvalue weighted by molar-refractivity contribution is -0.143. The molecule has 1 aromatic heterocycles. The van der Waals surface area contributed by atoms with Crippen molar-refractivity contribution in [3.63, 3.8) is 0 Å². The molecule has 25 heavy (non-hydrogen) atoms. The number of hydrogen-bond donors (Lipinski definition) is 1. The van der Waals surface area contributed by atoms with Gasteiger partial charge in [-0.25, -0.2) is 8.78 Å². The van der Waals surface area contributed by atoms with Gasteiger partial charge in [-0.05, 0) is 55.9 Å². The summed E-state index contributed by atoms with van der Waals surface area (Å²) >= 11 is 0. The van der Waals surface area contributed by atoms with Crippen LogP contribution < -0.4 is 5.73 Å². The van der Waals surface area contributed by atoms with Crippen LogP contribution in [-0.4, -0.2) is 22.2 Å². The summed E-state index contributed by atoms with van der Waals surface area (Å²) in [4.78, 5) is 11.4. The fourth-order valence-corrected chi connectivity index (χ4v) is 3.99. The van der Waals surface area contributed by atoms with Crippen LogP contribution >= 0.6 is 0 Å². The van der Waals surface area contributed by atoms with Crippen molar-refractivity contribution in [1.29, 1.82) is 0 Å². The van der Waals surface area contributed by atoms with Crippen LogP contribution in [0.1, 0.15) is 43.4 Å². The molecule has 4 rings (SSSR count). The average Bonchev–Trinajstić information content (AvgIpc) is 3.11. The molecule has 3 atom stereocenters. The van der Waals surface area contributed by atoms with E-state index in [1.807, 2.05) is 0 Å². The Hall–Kier alpha value is -2.41. The van der Waals surface area contributed by atoms with Crippen LogP contribution in [-0.2, 0) is 15.1 Å². The second-order valence-corrected chi connectivity index (χ2v) is 6.73. The Bertz CT molecular complexity index is 853. The van der Waals surface area contributed by atoms with Crippen LogP contribution in [0.2, 0.25) is 0 Å². The first kappa shape index (κ1) is 16.1. The maximum absolute atomic E-state index is 14.0. The summed E-state index contributed by atoms with van der Waals surface area (Å²) in [7, 11) is 0. The van der Waals surface area contributed by atoms with Crippen molar-refractivity contribution in [2.24, 2.45) is 5.73 Å². The van der Waals surface area contributed by atoms with Crippen LogP contribution in [0.5, 0.6) is 0 Å². The lowest BCUT2D eigenvalue weighted by Gasteiger charge is -2.30. The molecule has 7 heteroatoms. The number of nitrogens with zero attached hydrogens (tertiary/aromatic N) is 2. The number of amides is 1. The summed E-state index contributed by atoms with van der Waals surface area (Å²) in [6.45, 7) is 1.61. The first-order chi connectivity index (χ1) is 11.9. The van der Waals surface area contributed by atoms with Crippen LogP contribution in [0.15, 0.2) is 24.3 Å². The van der Waals surface area contributed by atoms with Crippen molar-refractivity contribution < 1.29 is 18.3 Å². The first-order valence-corrected chi connectivity index (χ1v) is 8.21. The number of primary amides is 1. The average molecular weight is 345 g/mol. The fraction of sp³-hybridized carbons (Fsp3) is 0.389. The van der Waals surface area contributed by atoms with Gasteiger partial charge < -0.3 is 10.5 Å². The lowest BCUT2D eigenvalue weighted by atomic mass is 9.92. The third kappa shape index (κ3) is 2.41. The Labute approximate surface area is 143 Å². The highest BCUT2D eigenvalue weighted by Crippen LogP contribution is 2.57. The summed E-state index contributed by atoms with van der Waals surface area (Å²) in [5.74, 6) is -1.71. The molecule has 1 fully saturated rings. The Morgan fingerprint density at radius 2 is 2.08 bits per heavy atom. The molecule has 1 saturated carbocycles. The monoisotopic (exact) mass is 345 g/mol. The van der Waals surface area contributed by atoms with Crippen LogP contribution in [0, 0.1) is 11.6 Å². The van der Waals surface area contributed by atoms with E-state index in [4.69, 9.17) is 10.5 Å². The smallest absolute Gasteiger partial charge is 0.246 e. The van der Waals surface area contributed by atoms with Gasteiger partial charge in [-0.15, -0.1) is 5.10 Å². The summed E-state index contributed by atoms with van der Waals surface area (Å²) < 4.78 is 34.0. The topological polar surface area (TPSA) is 78.1 Å². The molecular formula is C18H17F2N3O2. The van der Waals surface area contributed by atoms with Gasteiger partial charge in [0, 0.05) is 0 Å². The van der Waals surface area contributed by atoms with Gasteiger partial charge in [-0.3, -0.25) is 4.79 Å². The SMILES string of the molecule is C[C@H](O[C@]12CC[C@H](C1)c1cc(-c3c(F)cccc3F)nnc12)C(N)=O. The molecule has 0 spiro atoms. The lowest BCUT2D eigenvalue weighted by Crippen LogP contribution is -2.37. The molecule has 0 unspecified atom stereocenters. The van der Waals surface area contributed by atoms with Gasteiger partial charge in [0.15, 0.2) is 0 Å². The minimum atomic E-state index is -0.741. The third-order valence-electron chi connectivity index (χ3n) is 5.19. The Morgan fingerprint density at radius 1 is 1.36 bits per heavy atom. The summed E-state index contributed by atoms with van der Waals surface area (Å²) in [6, 6.07) is 5.38. The summed E-state index contributed by atoms with van der Waals surface area (Å²) in [6.07, 6.45) is 1.53. The molecule has 2 N–H and O–H groups in total. The molecule has 130 valence electrons. The van der Waals surface area contributed by atoms with E-state index in [0.29, 0.717) is 12.1 Å². The molecule has 2 aromatic rings. The van der Waals surface area contributed by atoms with E-state index in [-0.39, 0.29) is 17.2 Å². The zero-order valence-electron chi connectivity index (χ0n) is 13.6. The van der Waals surface area contributed by atoms with Gasteiger partial charge in [-0.1, -0.05) is 6.07 Å². The molecular weight excluding hydrogens is 328 g/mol. The van der Waals surface area contributed by atoms with Gasteiger partial charge in [0.25, 0.3) is 0 Å². The van der Waals surface area contributed by atoms with Gasteiger partial charge >= 0.3 is 0 Å². The molecule has 0 saturated heterocycles. The number of ether oxygens (including phenoxy) is 1. The van der Waals surface area contributed by atoms with Crippen molar-refractivity contribution >= 4 is 5.91 Å². The molecule has 1 aromatic carbocycles. The van der Waals surface area contributed by atoms with E-state index >= 15 is 0 Å². The number of hydrogen-bond acceptors (Lipinski definition) is 4. The second kappa shape index (κ2) is 5.56. The van der Waals surface area contributed by atoms with E-state index in [1.54, 1.807) is 13.0 Å². The number of nitrogens with two attached hydrogens (primary N) is 1. The van der Waals surface area contributed by atoms with Crippen LogP contribution in [0.4, 0.5) is 8.78 Å². The quantitative estimate of drug-likeness (QED) is 0.924. The molecule has 2 aliphatic carbocycles. The molecule has 0 radical (unpaired) electrons. The number of aromatic nitrogens is 2. The number of fused-ring (bicyclic) bond motifs is 5. The maximum atomic E-state index is 14.0. The predicted molar refractivity (Wildman–Crippen MR) is 85.4 cm³/mol. The number of halogens is 2. The largest absolute Gasteiger partial charge is 0.367 e. The highest BCUT2D eigenvalue weighted by Gasteiger charge is 2.53. The minimum Gasteiger partial charge on any atom is -0.367 e. The summed E-state index contributed by atoms with van der Waals surface area (Å²) in [5.41, 5.74) is 6.15. The van der Waals surface area contributed by atoms with Crippen LogP contribution in [0.3, 0.4) is 0 Å². The zero-order valence-corrected chi connectivity index (χ0v) is 13.6. The fourth-order valence-electron chi connectivity index (χ4n) is 3.99. The van der Waals surface area contributed by atoms with Crippen molar-refractivity contribution in [2.75, 3.05) is 0 Å². The van der Waals surface area contributed by atoms with Crippen molar-refractivity contribution in [1.82, 2.24) is 10.2 Å². The standard InChI is InChI=1S/C18H17F2N3O2/c1-9(17(21)24)25-18-6-5-10(8-18)11-7-14(22-23-16(11)18)15-12(19)3-2-4-13(15)20/h2-4,7,9-10H,5-6,8H2,1H3,(H2,21,24)/t9-,10+,18+/m0/s1. The van der Waals surface area contributed by atoms with E-state index < -0.39 is 29.2 Å². The Kier molecular flexibility index (Phi) is 3.57. The van der Waals surface area contributed by atoms with Gasteiger partial charge in [0.05, 0.1) is 17.0 Å². The Morgan fingerprint density at radius 3 is 2.76 bits per heavy atom. The van der Waals surface area contributed by atoms with E-state index in [9.17, 15) is 13.6 Å². The van der Waals surface area contributed by atoms with Crippen molar-refractivity contribution in [3.8, 4) is 11.3 Å². The highest BCUT2D eigenvalue weighted by atomic mass is 19.1. The number of benzene rings is 1. The van der Waals surface area contributed by atoms with Crippen molar-refractivity contribution in [2.45, 2.75) is 43.8 Å². The number of rotatable bonds is 4. The first-order valence-electron chi connectivity index (χ1n) is 8.21. The predicted octanol–water partition coefficient (Wildman–Crippen LogP) is 2.79. The second-order valence-electron chi connectivity index (χ2n) is 6.73. The Balaban J connectivity index is 1.76. The molecule has 2 aliphatic rings. The van der Waals surface area contributed by atoms with Crippen molar-refractivity contribution in [3.05, 3.63) is 47.2 Å². The maximum Gasteiger partial charge on any atom is 0.246 e. The molecule has 0 aliphatic heterocycles. The van der Waals surface area contributed by atoms with Gasteiger partial charge in [0.1, 0.15) is 23.3 Å². The zero-order chi connectivity index (χ0) is 17.8. The number of carbonyl (C=O) groups is 1. The van der Waals surface area contributed by atoms with Gasteiger partial charge in [-0.2, -0.15) is 5.10 Å². The molecule has 2 bridgehead atoms. The van der Waals surface area contributed by atoms with E-state index in [1.165, 1.54) is 18.2 Å². The van der Waals surface area contributed by atoms with Crippen LogP contribution in [0.25, 0.3) is 11.3 Å². The molecule has 5 nitrogen and oxygen atoms in total. The van der Waals surface area contributed by atoms with Gasteiger partial charge in [0.2, 0.25) is 5.91 Å². The van der Waals surface area contributed by atoms with E-state index in [2.05, 4.69) is 10.2 Å². The third-order valence-corrected chi connectivity index (χ3v) is 5.19. The molecule has 1 heterocycles. The number of carbonyl (C=O) groups excluding carboxylic acids is 1. The highest BCUT2D eigenvalue weighted by molar-refractivity contribution is 5.78. The minimum absolute atomic E-state index is 0.167. The normalized spacial score (nSPS) is 25.0. The summed E-state index contributed by atoms with van der Waals surface area (Å²) in [5, 5.41) is 8.26.